The molecule has 1 aliphatic heterocycles. The molecule has 0 amide bonds. The van der Waals surface area contributed by atoms with Crippen LogP contribution in [0.25, 0.3) is 44.7 Å². The summed E-state index contributed by atoms with van der Waals surface area (Å²) in [4.78, 5) is 5.08. The van der Waals surface area contributed by atoms with E-state index in [4.69, 9.17) is 4.98 Å². The summed E-state index contributed by atoms with van der Waals surface area (Å²) in [5.41, 5.74) is 17.1. The molecule has 0 saturated carbocycles. The summed E-state index contributed by atoms with van der Waals surface area (Å²) in [5, 5.41) is 3.42. The second kappa shape index (κ2) is 15.8. The number of benzene rings is 3. The SMILES string of the molecule is C=C/C(=C\C)c1cc(-c2cccc(-c3cccc4c3C3=C(C=CCC3)C4(C3=CCCCC=C3)C3=CCNC=C3)c2)cc(-c2ccccc2)n1.CCC. The highest BCUT2D eigenvalue weighted by Crippen LogP contribution is 2.60. The van der Waals surface area contributed by atoms with Gasteiger partial charge in [-0.2, -0.15) is 0 Å². The molecule has 1 N–H and O–H groups in total. The highest BCUT2D eigenvalue weighted by molar-refractivity contribution is 5.96. The molecule has 0 radical (unpaired) electrons. The van der Waals surface area contributed by atoms with Crippen LogP contribution in [-0.2, 0) is 5.41 Å². The van der Waals surface area contributed by atoms with E-state index in [1.54, 1.807) is 0 Å². The van der Waals surface area contributed by atoms with Crippen LogP contribution in [-0.4, -0.2) is 11.5 Å². The number of dihydropyridines is 1. The summed E-state index contributed by atoms with van der Waals surface area (Å²) in [6, 6.07) is 31.0. The van der Waals surface area contributed by atoms with Gasteiger partial charge in [-0.05, 0) is 131 Å². The minimum absolute atomic E-state index is 0.327. The molecule has 0 spiro atoms. The molecule has 4 aromatic rings. The van der Waals surface area contributed by atoms with Gasteiger partial charge in [-0.1, -0.05) is 142 Å². The third-order valence-electron chi connectivity index (χ3n) is 10.5. The molecule has 2 heteroatoms. The number of fused-ring (bicyclic) bond motifs is 2. The molecule has 2 nitrogen and oxygen atoms in total. The first kappa shape index (κ1) is 35.0. The van der Waals surface area contributed by atoms with Gasteiger partial charge in [-0.3, -0.25) is 0 Å². The van der Waals surface area contributed by atoms with Crippen LogP contribution in [0.3, 0.4) is 0 Å². The number of hydrogen-bond acceptors (Lipinski definition) is 2. The normalized spacial score (nSPS) is 19.0. The highest BCUT2D eigenvalue weighted by Gasteiger charge is 2.49. The fourth-order valence-electron chi connectivity index (χ4n) is 8.26. The maximum atomic E-state index is 5.08. The monoisotopic (exact) mass is 678 g/mol. The lowest BCUT2D eigenvalue weighted by Crippen LogP contribution is -2.32. The van der Waals surface area contributed by atoms with Crippen molar-refractivity contribution in [2.75, 3.05) is 6.54 Å². The predicted octanol–water partition coefficient (Wildman–Crippen LogP) is 13.2. The van der Waals surface area contributed by atoms with E-state index in [2.05, 4.69) is 165 Å². The average molecular weight is 679 g/mol. The van der Waals surface area contributed by atoms with E-state index >= 15 is 0 Å². The molecule has 1 aromatic heterocycles. The topological polar surface area (TPSA) is 24.9 Å². The molecule has 4 aliphatic rings. The summed E-state index contributed by atoms with van der Waals surface area (Å²) in [6.07, 6.45) is 29.8. The number of hydrogen-bond donors (Lipinski definition) is 1. The number of pyridine rings is 1. The molecular weight excluding hydrogens is 629 g/mol. The Labute approximate surface area is 311 Å². The Kier molecular flexibility index (Phi) is 10.6. The number of nitrogens with one attached hydrogen (secondary N) is 1. The van der Waals surface area contributed by atoms with Crippen LogP contribution >= 0.6 is 0 Å². The van der Waals surface area contributed by atoms with E-state index in [9.17, 15) is 0 Å². The van der Waals surface area contributed by atoms with Crippen LogP contribution in [0.4, 0.5) is 0 Å². The zero-order chi connectivity index (χ0) is 35.9. The van der Waals surface area contributed by atoms with E-state index in [0.29, 0.717) is 0 Å². The van der Waals surface area contributed by atoms with E-state index in [1.165, 1.54) is 63.0 Å². The number of allylic oxidation sites excluding steroid dienone is 13. The standard InChI is InChI=1S/C47H42N2.C3H8/c1-3-33(4-2)44-31-37(32-45(49-44)34-16-8-7-9-17-34)35-18-14-19-36(30-35)40-23-15-25-43-46(40)41-22-12-13-24-42(41)47(43,39-26-28-48-29-27-39)38-20-10-5-6-11-21-38;1-3-2/h3-4,7-10,13-21,23-28,30-32,48H,1,5-6,11-12,22,29H2,2H3;3H2,1-2H3/b33-4+;. The summed E-state index contributed by atoms with van der Waals surface area (Å²) >= 11 is 0. The minimum Gasteiger partial charge on any atom is -0.387 e. The third kappa shape index (κ3) is 6.43. The van der Waals surface area contributed by atoms with Crippen molar-refractivity contribution in [3.05, 3.63) is 186 Å². The molecule has 260 valence electrons. The lowest BCUT2D eigenvalue weighted by molar-refractivity contribution is 0.732. The number of nitrogens with zero attached hydrogens (tertiary/aromatic N) is 1. The Balaban J connectivity index is 0.00000136. The zero-order valence-electron chi connectivity index (χ0n) is 31.0. The van der Waals surface area contributed by atoms with Gasteiger partial charge in [0.2, 0.25) is 0 Å². The molecule has 1 atom stereocenters. The van der Waals surface area contributed by atoms with Crippen LogP contribution in [0, 0.1) is 0 Å². The first-order valence-electron chi connectivity index (χ1n) is 19.1. The van der Waals surface area contributed by atoms with Crippen molar-refractivity contribution < 1.29 is 0 Å². The van der Waals surface area contributed by atoms with Gasteiger partial charge in [0.25, 0.3) is 0 Å². The molecule has 1 unspecified atom stereocenters. The molecule has 8 rings (SSSR count). The third-order valence-corrected chi connectivity index (χ3v) is 10.5. The van der Waals surface area contributed by atoms with Crippen molar-refractivity contribution in [1.82, 2.24) is 10.3 Å². The summed E-state index contributed by atoms with van der Waals surface area (Å²) in [5.74, 6) is 0. The fraction of sp³-hybridized carbons (Fsp3) is 0.220. The van der Waals surface area contributed by atoms with Gasteiger partial charge < -0.3 is 5.32 Å². The van der Waals surface area contributed by atoms with Crippen LogP contribution in [0.15, 0.2) is 169 Å². The van der Waals surface area contributed by atoms with Crippen molar-refractivity contribution in [3.8, 4) is 33.5 Å². The van der Waals surface area contributed by atoms with Crippen molar-refractivity contribution >= 4 is 11.1 Å². The fourth-order valence-corrected chi connectivity index (χ4v) is 8.26. The molecule has 3 aliphatic carbocycles. The van der Waals surface area contributed by atoms with Crippen LogP contribution in [0.5, 0.6) is 0 Å². The second-order valence-electron chi connectivity index (χ2n) is 13.9. The summed E-state index contributed by atoms with van der Waals surface area (Å²) in [7, 11) is 0. The van der Waals surface area contributed by atoms with E-state index in [1.807, 2.05) is 13.0 Å². The first-order chi connectivity index (χ1) is 25.6. The Morgan fingerprint density at radius 1 is 0.788 bits per heavy atom. The Morgan fingerprint density at radius 2 is 1.56 bits per heavy atom. The Bertz CT molecular complexity index is 2180. The van der Waals surface area contributed by atoms with Gasteiger partial charge >= 0.3 is 0 Å². The van der Waals surface area contributed by atoms with Gasteiger partial charge in [0.15, 0.2) is 0 Å². The predicted molar refractivity (Wildman–Crippen MR) is 224 cm³/mol. The molecule has 0 fully saturated rings. The number of aromatic nitrogens is 1. The Morgan fingerprint density at radius 3 is 2.35 bits per heavy atom. The molecule has 52 heavy (non-hydrogen) atoms. The quantitative estimate of drug-likeness (QED) is 0.197. The van der Waals surface area contributed by atoms with Crippen molar-refractivity contribution in [3.63, 3.8) is 0 Å². The van der Waals surface area contributed by atoms with Gasteiger partial charge in [0.05, 0.1) is 16.8 Å². The van der Waals surface area contributed by atoms with Gasteiger partial charge in [0, 0.05) is 12.1 Å². The van der Waals surface area contributed by atoms with Crippen molar-refractivity contribution in [1.29, 1.82) is 0 Å². The van der Waals surface area contributed by atoms with Gasteiger partial charge in [-0.25, -0.2) is 4.98 Å². The first-order valence-corrected chi connectivity index (χ1v) is 19.1. The van der Waals surface area contributed by atoms with Crippen LogP contribution in [0.1, 0.15) is 76.1 Å². The molecule has 0 bridgehead atoms. The highest BCUT2D eigenvalue weighted by atomic mass is 14.8. The summed E-state index contributed by atoms with van der Waals surface area (Å²) in [6.45, 7) is 11.2. The molecule has 0 saturated heterocycles. The van der Waals surface area contributed by atoms with Crippen LogP contribution < -0.4 is 5.32 Å². The van der Waals surface area contributed by atoms with Gasteiger partial charge in [-0.15, -0.1) is 0 Å². The van der Waals surface area contributed by atoms with Crippen molar-refractivity contribution in [2.24, 2.45) is 0 Å². The smallest absolute Gasteiger partial charge is 0.0715 e. The lowest BCUT2D eigenvalue weighted by atomic mass is 9.64. The van der Waals surface area contributed by atoms with Crippen molar-refractivity contribution in [2.45, 2.75) is 64.7 Å². The van der Waals surface area contributed by atoms with Gasteiger partial charge in [0.1, 0.15) is 0 Å². The largest absolute Gasteiger partial charge is 0.387 e. The Hall–Kier alpha value is -5.47. The van der Waals surface area contributed by atoms with E-state index < -0.39 is 0 Å². The molecule has 2 heterocycles. The minimum atomic E-state index is -0.327. The maximum Gasteiger partial charge on any atom is 0.0715 e. The lowest BCUT2D eigenvalue weighted by Gasteiger charge is -2.38. The number of rotatable bonds is 7. The summed E-state index contributed by atoms with van der Waals surface area (Å²) < 4.78 is 0. The molecular formula is C50H50N2. The average Bonchev–Trinajstić information content (AvgIpc) is 3.30. The van der Waals surface area contributed by atoms with Crippen LogP contribution in [0.2, 0.25) is 0 Å². The van der Waals surface area contributed by atoms with E-state index in [-0.39, 0.29) is 5.41 Å². The van der Waals surface area contributed by atoms with E-state index in [0.717, 1.165) is 60.3 Å². The molecule has 3 aromatic carbocycles. The zero-order valence-corrected chi connectivity index (χ0v) is 31.0. The second-order valence-corrected chi connectivity index (χ2v) is 13.9. The maximum absolute atomic E-state index is 5.08.